The van der Waals surface area contributed by atoms with E-state index in [2.05, 4.69) is 45.3 Å². The maximum Gasteiger partial charge on any atom is 0.184 e. The van der Waals surface area contributed by atoms with Crippen LogP contribution in [0.2, 0.25) is 5.02 Å². The van der Waals surface area contributed by atoms with Crippen LogP contribution in [0.15, 0.2) is 46.9 Å². The van der Waals surface area contributed by atoms with Gasteiger partial charge in [-0.2, -0.15) is 0 Å². The topological polar surface area (TPSA) is 24.9 Å². The zero-order valence-corrected chi connectivity index (χ0v) is 13.9. The maximum absolute atomic E-state index is 6.00. The fourth-order valence-electron chi connectivity index (χ4n) is 1.98. The third-order valence-corrected chi connectivity index (χ3v) is 4.77. The molecule has 0 aliphatic carbocycles. The highest BCUT2D eigenvalue weighted by Gasteiger charge is 2.09. The number of rotatable bonds is 3. The molecule has 1 atom stereocenters. The van der Waals surface area contributed by atoms with Gasteiger partial charge in [-0.15, -0.1) is 0 Å². The quantitative estimate of drug-likeness (QED) is 0.624. The number of fused-ring (bicyclic) bond motifs is 1. The zero-order chi connectivity index (χ0) is 14.1. The molecule has 1 heterocycles. The molecule has 1 aromatic heterocycles. The Labute approximate surface area is 134 Å². The highest BCUT2D eigenvalue weighted by atomic mass is 79.9. The average Bonchev–Trinajstić information content (AvgIpc) is 2.80. The summed E-state index contributed by atoms with van der Waals surface area (Å²) in [5.74, 6) is 0. The Morgan fingerprint density at radius 3 is 2.70 bits per heavy atom. The van der Waals surface area contributed by atoms with Crippen molar-refractivity contribution in [1.82, 2.24) is 4.98 Å². The number of nitrogens with zero attached hydrogens (tertiary/aromatic N) is 1. The van der Waals surface area contributed by atoms with Crippen molar-refractivity contribution in [3.05, 3.63) is 57.5 Å². The normalized spacial score (nSPS) is 12.6. The summed E-state index contributed by atoms with van der Waals surface area (Å²) in [7, 11) is 0. The van der Waals surface area contributed by atoms with Gasteiger partial charge in [-0.3, -0.25) is 0 Å². The second kappa shape index (κ2) is 5.72. The van der Waals surface area contributed by atoms with Crippen LogP contribution in [0, 0.1) is 0 Å². The van der Waals surface area contributed by atoms with Gasteiger partial charge in [-0.05, 0) is 42.8 Å². The average molecular weight is 368 g/mol. The van der Waals surface area contributed by atoms with Gasteiger partial charge in [-0.1, -0.05) is 51.0 Å². The molecule has 0 saturated carbocycles. The van der Waals surface area contributed by atoms with Crippen molar-refractivity contribution >= 4 is 54.2 Å². The van der Waals surface area contributed by atoms with E-state index < -0.39 is 0 Å². The van der Waals surface area contributed by atoms with Gasteiger partial charge in [0.1, 0.15) is 0 Å². The molecule has 5 heteroatoms. The number of anilines is 1. The number of nitrogens with one attached hydrogen (secondary N) is 1. The van der Waals surface area contributed by atoms with Gasteiger partial charge in [0.15, 0.2) is 5.13 Å². The van der Waals surface area contributed by atoms with Crippen LogP contribution >= 0.6 is 38.9 Å². The predicted octanol–water partition coefficient (Wildman–Crippen LogP) is 5.89. The lowest BCUT2D eigenvalue weighted by atomic mass is 10.1. The molecular weight excluding hydrogens is 356 g/mol. The molecule has 2 aromatic carbocycles. The van der Waals surface area contributed by atoms with Crippen LogP contribution in [-0.2, 0) is 0 Å². The summed E-state index contributed by atoms with van der Waals surface area (Å²) in [4.78, 5) is 4.58. The molecule has 1 unspecified atom stereocenters. The Morgan fingerprint density at radius 1 is 1.20 bits per heavy atom. The van der Waals surface area contributed by atoms with E-state index in [9.17, 15) is 0 Å². The van der Waals surface area contributed by atoms with Gasteiger partial charge in [0.25, 0.3) is 0 Å². The lowest BCUT2D eigenvalue weighted by Gasteiger charge is -2.13. The fourth-order valence-corrected chi connectivity index (χ4v) is 3.47. The molecule has 0 radical (unpaired) electrons. The number of thiazole rings is 1. The van der Waals surface area contributed by atoms with E-state index in [4.69, 9.17) is 11.6 Å². The summed E-state index contributed by atoms with van der Waals surface area (Å²) in [6.45, 7) is 2.13. The molecule has 3 rings (SSSR count). The van der Waals surface area contributed by atoms with E-state index in [1.165, 1.54) is 5.56 Å². The van der Waals surface area contributed by atoms with Crippen molar-refractivity contribution in [3.63, 3.8) is 0 Å². The Morgan fingerprint density at radius 2 is 1.95 bits per heavy atom. The van der Waals surface area contributed by atoms with E-state index in [1.807, 2.05) is 30.3 Å². The van der Waals surface area contributed by atoms with Crippen LogP contribution in [0.3, 0.4) is 0 Å². The number of hydrogen-bond acceptors (Lipinski definition) is 3. The molecule has 102 valence electrons. The molecule has 20 heavy (non-hydrogen) atoms. The second-order valence-corrected chi connectivity index (χ2v) is 6.93. The molecule has 3 aromatic rings. The summed E-state index contributed by atoms with van der Waals surface area (Å²) < 4.78 is 2.19. The SMILES string of the molecule is CC(Nc1nc2ccc(Cl)cc2s1)c1ccc(Br)cc1. The first-order valence-corrected chi connectivity index (χ1v) is 8.18. The van der Waals surface area contributed by atoms with Gasteiger partial charge >= 0.3 is 0 Å². The lowest BCUT2D eigenvalue weighted by molar-refractivity contribution is 0.882. The van der Waals surface area contributed by atoms with E-state index in [0.29, 0.717) is 0 Å². The molecule has 1 N–H and O–H groups in total. The Balaban J connectivity index is 1.83. The summed E-state index contributed by atoms with van der Waals surface area (Å²) in [5, 5.41) is 5.09. The lowest BCUT2D eigenvalue weighted by Crippen LogP contribution is -2.05. The maximum atomic E-state index is 6.00. The first-order chi connectivity index (χ1) is 9.61. The fraction of sp³-hybridized carbons (Fsp3) is 0.133. The smallest absolute Gasteiger partial charge is 0.184 e. The van der Waals surface area contributed by atoms with E-state index in [0.717, 1.165) is 24.8 Å². The van der Waals surface area contributed by atoms with E-state index >= 15 is 0 Å². The largest absolute Gasteiger partial charge is 0.355 e. The first-order valence-electron chi connectivity index (χ1n) is 6.20. The molecule has 0 fully saturated rings. The van der Waals surface area contributed by atoms with Crippen molar-refractivity contribution in [2.45, 2.75) is 13.0 Å². The second-order valence-electron chi connectivity index (χ2n) is 4.55. The predicted molar refractivity (Wildman–Crippen MR) is 90.8 cm³/mol. The zero-order valence-electron chi connectivity index (χ0n) is 10.7. The summed E-state index contributed by atoms with van der Waals surface area (Å²) in [6.07, 6.45) is 0. The molecule has 0 aliphatic heterocycles. The molecule has 2 nitrogen and oxygen atoms in total. The van der Waals surface area contributed by atoms with E-state index in [1.54, 1.807) is 11.3 Å². The van der Waals surface area contributed by atoms with Crippen LogP contribution in [0.5, 0.6) is 0 Å². The van der Waals surface area contributed by atoms with Crippen molar-refractivity contribution in [3.8, 4) is 0 Å². The summed E-state index contributed by atoms with van der Waals surface area (Å²) >= 11 is 11.1. The molecular formula is C15H12BrClN2S. The van der Waals surface area contributed by atoms with Gasteiger partial charge in [0, 0.05) is 9.50 Å². The number of hydrogen-bond donors (Lipinski definition) is 1. The third-order valence-electron chi connectivity index (χ3n) is 3.06. The standard InChI is InChI=1S/C15H12BrClN2S/c1-9(10-2-4-11(16)5-3-10)18-15-19-13-7-6-12(17)8-14(13)20-15/h2-9H,1H3,(H,18,19). The van der Waals surface area contributed by atoms with Gasteiger partial charge in [0.05, 0.1) is 16.3 Å². The third kappa shape index (κ3) is 2.97. The molecule has 0 spiro atoms. The first kappa shape index (κ1) is 13.9. The minimum absolute atomic E-state index is 0.208. The van der Waals surface area contributed by atoms with Crippen molar-refractivity contribution < 1.29 is 0 Å². The van der Waals surface area contributed by atoms with Crippen LogP contribution in [-0.4, -0.2) is 4.98 Å². The van der Waals surface area contributed by atoms with Gasteiger partial charge in [-0.25, -0.2) is 4.98 Å². The Hall–Kier alpha value is -1.10. The molecule has 0 saturated heterocycles. The molecule has 0 amide bonds. The van der Waals surface area contributed by atoms with Gasteiger partial charge < -0.3 is 5.32 Å². The number of aromatic nitrogens is 1. The minimum Gasteiger partial charge on any atom is -0.355 e. The Kier molecular flexibility index (Phi) is 3.96. The van der Waals surface area contributed by atoms with Crippen LogP contribution in [0.1, 0.15) is 18.5 Å². The van der Waals surface area contributed by atoms with Crippen molar-refractivity contribution in [2.24, 2.45) is 0 Å². The number of halogens is 2. The minimum atomic E-state index is 0.208. The van der Waals surface area contributed by atoms with E-state index in [-0.39, 0.29) is 6.04 Å². The van der Waals surface area contributed by atoms with Crippen LogP contribution < -0.4 is 5.32 Å². The van der Waals surface area contributed by atoms with Crippen LogP contribution in [0.4, 0.5) is 5.13 Å². The monoisotopic (exact) mass is 366 g/mol. The summed E-state index contributed by atoms with van der Waals surface area (Å²) in [5.41, 5.74) is 2.20. The van der Waals surface area contributed by atoms with Crippen molar-refractivity contribution in [1.29, 1.82) is 0 Å². The van der Waals surface area contributed by atoms with Gasteiger partial charge in [0.2, 0.25) is 0 Å². The highest BCUT2D eigenvalue weighted by molar-refractivity contribution is 9.10. The highest BCUT2D eigenvalue weighted by Crippen LogP contribution is 2.30. The molecule has 0 bridgehead atoms. The molecule has 0 aliphatic rings. The number of benzene rings is 2. The summed E-state index contributed by atoms with van der Waals surface area (Å²) in [6, 6.07) is 14.3. The Bertz CT molecular complexity index is 739. The van der Waals surface area contributed by atoms with Crippen molar-refractivity contribution in [2.75, 3.05) is 5.32 Å². The van der Waals surface area contributed by atoms with Crippen LogP contribution in [0.25, 0.3) is 10.2 Å².